The van der Waals surface area contributed by atoms with E-state index in [0.29, 0.717) is 6.42 Å². The van der Waals surface area contributed by atoms with Crippen LogP contribution < -0.4 is 0 Å². The van der Waals surface area contributed by atoms with E-state index >= 15 is 0 Å². The van der Waals surface area contributed by atoms with Crippen molar-refractivity contribution in [3.05, 3.63) is 35.4 Å². The second-order valence-electron chi connectivity index (χ2n) is 3.93. The summed E-state index contributed by atoms with van der Waals surface area (Å²) in [4.78, 5) is 10.2. The number of unbranched alkanes of at least 4 members (excludes halogenated alkanes) is 1. The zero-order valence-corrected chi connectivity index (χ0v) is 11.0. The van der Waals surface area contributed by atoms with Crippen molar-refractivity contribution in [2.24, 2.45) is 0 Å². The van der Waals surface area contributed by atoms with Crippen LogP contribution >= 0.6 is 15.9 Å². The summed E-state index contributed by atoms with van der Waals surface area (Å²) in [5.41, 5.74) is 2.39. The minimum Gasteiger partial charge on any atom is -0.480 e. The summed E-state index contributed by atoms with van der Waals surface area (Å²) >= 11 is 3.14. The molecule has 0 aliphatic carbocycles. The molecule has 0 radical (unpaired) electrons. The molecule has 0 bridgehead atoms. The summed E-state index contributed by atoms with van der Waals surface area (Å²) in [5.74, 6) is -0.810. The van der Waals surface area contributed by atoms with Crippen molar-refractivity contribution in [2.45, 2.75) is 37.4 Å². The largest absolute Gasteiger partial charge is 0.480 e. The second-order valence-corrected chi connectivity index (χ2v) is 5.04. The van der Waals surface area contributed by atoms with Gasteiger partial charge in [0.05, 0.1) is 0 Å². The lowest BCUT2D eigenvalue weighted by Gasteiger charge is -2.06. The molecule has 0 spiro atoms. The maximum absolute atomic E-state index is 10.7. The Labute approximate surface area is 105 Å². The molecule has 0 saturated heterocycles. The molecule has 0 unspecified atom stereocenters. The van der Waals surface area contributed by atoms with E-state index in [2.05, 4.69) is 35.0 Å². The first kappa shape index (κ1) is 13.2. The molecule has 1 rings (SSSR count). The molecule has 88 valence electrons. The van der Waals surface area contributed by atoms with E-state index in [1.807, 2.05) is 12.1 Å². The molecule has 1 N–H and O–H groups in total. The van der Waals surface area contributed by atoms with Gasteiger partial charge in [-0.25, -0.2) is 0 Å². The number of hydrogen-bond acceptors (Lipinski definition) is 1. The van der Waals surface area contributed by atoms with Gasteiger partial charge in [0.15, 0.2) is 0 Å². The molecule has 0 aromatic heterocycles. The molecule has 1 atom stereocenters. The Morgan fingerprint density at radius 1 is 1.31 bits per heavy atom. The number of carboxylic acids is 1. The molecule has 2 nitrogen and oxygen atoms in total. The predicted octanol–water partition coefficient (Wildman–Crippen LogP) is 3.42. The number of carbonyl (C=O) groups is 1. The lowest BCUT2D eigenvalue weighted by molar-refractivity contribution is -0.136. The topological polar surface area (TPSA) is 37.3 Å². The average molecular weight is 285 g/mol. The molecule has 0 saturated carbocycles. The van der Waals surface area contributed by atoms with Crippen molar-refractivity contribution in [3.63, 3.8) is 0 Å². The van der Waals surface area contributed by atoms with Crippen LogP contribution in [0.15, 0.2) is 24.3 Å². The van der Waals surface area contributed by atoms with Crippen LogP contribution in [0.4, 0.5) is 0 Å². The van der Waals surface area contributed by atoms with Crippen LogP contribution in [-0.2, 0) is 17.6 Å². The fourth-order valence-corrected chi connectivity index (χ4v) is 1.89. The van der Waals surface area contributed by atoms with Crippen LogP contribution in [-0.4, -0.2) is 15.9 Å². The van der Waals surface area contributed by atoms with Crippen LogP contribution in [0.3, 0.4) is 0 Å². The first-order valence-electron chi connectivity index (χ1n) is 5.58. The van der Waals surface area contributed by atoms with Gasteiger partial charge >= 0.3 is 5.97 Å². The van der Waals surface area contributed by atoms with Crippen molar-refractivity contribution in [2.75, 3.05) is 0 Å². The van der Waals surface area contributed by atoms with Gasteiger partial charge in [0.25, 0.3) is 0 Å². The second kappa shape index (κ2) is 6.69. The molecule has 0 aliphatic rings. The molecule has 0 amide bonds. The molecular formula is C13H17BrO2. The average Bonchev–Trinajstić information content (AvgIpc) is 2.28. The number of carboxylic acid groups (broad SMARTS) is 1. The summed E-state index contributed by atoms with van der Waals surface area (Å²) in [6.07, 6.45) is 4.04. The Morgan fingerprint density at radius 3 is 2.38 bits per heavy atom. The lowest BCUT2D eigenvalue weighted by atomic mass is 10.0. The summed E-state index contributed by atoms with van der Waals surface area (Å²) in [6.45, 7) is 2.18. The van der Waals surface area contributed by atoms with E-state index < -0.39 is 10.8 Å². The summed E-state index contributed by atoms with van der Waals surface area (Å²) in [5, 5.41) is 8.77. The van der Waals surface area contributed by atoms with Gasteiger partial charge in [-0.2, -0.15) is 0 Å². The monoisotopic (exact) mass is 284 g/mol. The maximum Gasteiger partial charge on any atom is 0.317 e. The molecule has 0 fully saturated rings. The predicted molar refractivity (Wildman–Crippen MR) is 69.1 cm³/mol. The number of rotatable bonds is 6. The number of halogens is 1. The van der Waals surface area contributed by atoms with Gasteiger partial charge < -0.3 is 5.11 Å². The van der Waals surface area contributed by atoms with Crippen molar-refractivity contribution in [1.29, 1.82) is 0 Å². The van der Waals surface area contributed by atoms with E-state index in [9.17, 15) is 4.79 Å². The molecule has 3 heteroatoms. The number of hydrogen-bond donors (Lipinski definition) is 1. The highest BCUT2D eigenvalue weighted by atomic mass is 79.9. The number of benzene rings is 1. The fourth-order valence-electron chi connectivity index (χ4n) is 1.52. The minimum absolute atomic E-state index is 0.492. The van der Waals surface area contributed by atoms with E-state index in [1.54, 1.807) is 0 Å². The number of aryl methyl sites for hydroxylation is 1. The first-order chi connectivity index (χ1) is 7.63. The van der Waals surface area contributed by atoms with Crippen LogP contribution in [0.1, 0.15) is 30.9 Å². The Morgan fingerprint density at radius 2 is 1.88 bits per heavy atom. The van der Waals surface area contributed by atoms with Crippen molar-refractivity contribution in [3.8, 4) is 0 Å². The van der Waals surface area contributed by atoms with Crippen molar-refractivity contribution >= 4 is 21.9 Å². The van der Waals surface area contributed by atoms with Crippen molar-refractivity contribution in [1.82, 2.24) is 0 Å². The van der Waals surface area contributed by atoms with Gasteiger partial charge in [-0.05, 0) is 30.4 Å². The van der Waals surface area contributed by atoms with Gasteiger partial charge in [0, 0.05) is 0 Å². The normalized spacial score (nSPS) is 12.4. The Bertz CT molecular complexity index is 332. The maximum atomic E-state index is 10.7. The minimum atomic E-state index is -0.810. The van der Waals surface area contributed by atoms with E-state index in [1.165, 1.54) is 18.4 Å². The number of aliphatic carboxylic acids is 1. The zero-order valence-electron chi connectivity index (χ0n) is 9.45. The Hall–Kier alpha value is -0.830. The molecule has 16 heavy (non-hydrogen) atoms. The standard InChI is InChI=1S/C13H17BrO2/c1-2-3-4-10-5-7-11(8-6-10)9-12(14)13(15)16/h5-8,12H,2-4,9H2,1H3,(H,15,16)/t12-/m0/s1. The van der Waals surface area contributed by atoms with Gasteiger partial charge in [-0.15, -0.1) is 0 Å². The van der Waals surface area contributed by atoms with Gasteiger partial charge in [-0.3, -0.25) is 4.79 Å². The van der Waals surface area contributed by atoms with E-state index in [0.717, 1.165) is 12.0 Å². The summed E-state index contributed by atoms with van der Waals surface area (Å²) in [7, 11) is 0. The summed E-state index contributed by atoms with van der Waals surface area (Å²) < 4.78 is 0. The smallest absolute Gasteiger partial charge is 0.317 e. The first-order valence-corrected chi connectivity index (χ1v) is 6.49. The Kier molecular flexibility index (Phi) is 5.53. The highest BCUT2D eigenvalue weighted by Crippen LogP contribution is 2.13. The van der Waals surface area contributed by atoms with E-state index in [-0.39, 0.29) is 0 Å². The van der Waals surface area contributed by atoms with Crippen LogP contribution in [0.2, 0.25) is 0 Å². The van der Waals surface area contributed by atoms with Crippen LogP contribution in [0.25, 0.3) is 0 Å². The van der Waals surface area contributed by atoms with Gasteiger partial charge in [0.1, 0.15) is 4.83 Å². The molecule has 0 heterocycles. The highest BCUT2D eigenvalue weighted by Gasteiger charge is 2.13. The number of alkyl halides is 1. The summed E-state index contributed by atoms with van der Waals surface area (Å²) in [6, 6.07) is 8.21. The Balaban J connectivity index is 2.54. The third-order valence-electron chi connectivity index (χ3n) is 2.52. The van der Waals surface area contributed by atoms with Gasteiger partial charge in [0.2, 0.25) is 0 Å². The molecular weight excluding hydrogens is 268 g/mol. The molecule has 0 aliphatic heterocycles. The van der Waals surface area contributed by atoms with Gasteiger partial charge in [-0.1, -0.05) is 53.5 Å². The SMILES string of the molecule is CCCCc1ccc(C[C@H](Br)C(=O)O)cc1. The molecule has 1 aromatic carbocycles. The third-order valence-corrected chi connectivity index (χ3v) is 3.24. The highest BCUT2D eigenvalue weighted by molar-refractivity contribution is 9.10. The lowest BCUT2D eigenvalue weighted by Crippen LogP contribution is -2.15. The van der Waals surface area contributed by atoms with Crippen LogP contribution in [0, 0.1) is 0 Å². The van der Waals surface area contributed by atoms with E-state index in [4.69, 9.17) is 5.11 Å². The van der Waals surface area contributed by atoms with Crippen LogP contribution in [0.5, 0.6) is 0 Å². The quantitative estimate of drug-likeness (QED) is 0.813. The molecule has 1 aromatic rings. The third kappa shape index (κ3) is 4.35. The van der Waals surface area contributed by atoms with Crippen molar-refractivity contribution < 1.29 is 9.90 Å². The zero-order chi connectivity index (χ0) is 12.0. The fraction of sp³-hybridized carbons (Fsp3) is 0.462.